The summed E-state index contributed by atoms with van der Waals surface area (Å²) in [7, 11) is 0. The van der Waals surface area contributed by atoms with Gasteiger partial charge in [0.1, 0.15) is 11.6 Å². The van der Waals surface area contributed by atoms with Gasteiger partial charge in [-0.25, -0.2) is 13.8 Å². The van der Waals surface area contributed by atoms with E-state index in [-0.39, 0.29) is 18.9 Å². The highest BCUT2D eigenvalue weighted by molar-refractivity contribution is 6.13. The minimum absolute atomic E-state index is 0.00693. The fourth-order valence-corrected chi connectivity index (χ4v) is 3.36. The zero-order valence-corrected chi connectivity index (χ0v) is 16.5. The molecule has 1 aliphatic rings. The number of benzene rings is 3. The summed E-state index contributed by atoms with van der Waals surface area (Å²) in [6.45, 7) is -0.00693. The third-order valence-corrected chi connectivity index (χ3v) is 4.83. The van der Waals surface area contributed by atoms with Crippen LogP contribution in [-0.4, -0.2) is 17.5 Å². The third kappa shape index (κ3) is 5.01. The molecule has 0 unspecified atom stereocenters. The smallest absolute Gasteiger partial charge is 0.253 e. The van der Waals surface area contributed by atoms with Crippen LogP contribution >= 0.6 is 0 Å². The maximum absolute atomic E-state index is 13.3. The Morgan fingerprint density at radius 1 is 0.935 bits per heavy atom. The van der Waals surface area contributed by atoms with Crippen LogP contribution in [0.3, 0.4) is 0 Å². The highest BCUT2D eigenvalue weighted by Crippen LogP contribution is 2.22. The Hall–Kier alpha value is -3.87. The number of carbonyl (C=O) groups is 2. The van der Waals surface area contributed by atoms with Gasteiger partial charge in [0.05, 0.1) is 17.8 Å². The molecule has 4 rings (SSSR count). The highest BCUT2D eigenvalue weighted by Gasteiger charge is 2.25. The quantitative estimate of drug-likeness (QED) is 0.650. The molecule has 1 N–H and O–H groups in total. The van der Waals surface area contributed by atoms with E-state index in [0.717, 1.165) is 29.5 Å². The maximum atomic E-state index is 13.3. The van der Waals surface area contributed by atoms with Gasteiger partial charge in [0.25, 0.3) is 11.8 Å². The lowest BCUT2D eigenvalue weighted by atomic mass is 10.1. The summed E-state index contributed by atoms with van der Waals surface area (Å²) in [5.74, 6) is -1.92. The number of anilines is 1. The van der Waals surface area contributed by atoms with Crippen molar-refractivity contribution in [2.75, 3.05) is 5.01 Å². The van der Waals surface area contributed by atoms with Crippen molar-refractivity contribution >= 4 is 23.2 Å². The Balaban J connectivity index is 1.40. The minimum Gasteiger partial charge on any atom is -0.348 e. The Kier molecular flexibility index (Phi) is 5.84. The molecule has 0 fully saturated rings. The first-order valence-corrected chi connectivity index (χ1v) is 9.74. The van der Waals surface area contributed by atoms with Gasteiger partial charge in [0, 0.05) is 24.6 Å². The largest absolute Gasteiger partial charge is 0.348 e. The van der Waals surface area contributed by atoms with Gasteiger partial charge in [0.2, 0.25) is 0 Å². The average molecular weight is 419 g/mol. The zero-order chi connectivity index (χ0) is 21.8. The molecule has 2 amide bonds. The van der Waals surface area contributed by atoms with Crippen LogP contribution in [0.5, 0.6) is 0 Å². The van der Waals surface area contributed by atoms with Crippen molar-refractivity contribution in [1.29, 1.82) is 0 Å². The lowest BCUT2D eigenvalue weighted by Crippen LogP contribution is -2.23. The van der Waals surface area contributed by atoms with Crippen LogP contribution in [0.1, 0.15) is 27.9 Å². The van der Waals surface area contributed by atoms with Crippen molar-refractivity contribution in [2.45, 2.75) is 19.4 Å². The van der Waals surface area contributed by atoms with E-state index in [1.54, 1.807) is 24.3 Å². The summed E-state index contributed by atoms with van der Waals surface area (Å²) in [6, 6.07) is 19.3. The SMILES string of the molecule is O=C(NCc1cc(F)cc(F)c1)c1ccc(N2N=C(Cc3ccccc3)CC2=O)cc1. The van der Waals surface area contributed by atoms with Crippen molar-refractivity contribution < 1.29 is 18.4 Å². The van der Waals surface area contributed by atoms with Gasteiger partial charge in [-0.15, -0.1) is 0 Å². The van der Waals surface area contributed by atoms with E-state index in [0.29, 0.717) is 23.2 Å². The topological polar surface area (TPSA) is 61.8 Å². The first-order valence-electron chi connectivity index (χ1n) is 9.74. The molecule has 0 spiro atoms. The van der Waals surface area contributed by atoms with E-state index in [4.69, 9.17) is 0 Å². The van der Waals surface area contributed by atoms with E-state index in [2.05, 4.69) is 10.4 Å². The summed E-state index contributed by atoms with van der Waals surface area (Å²) in [5, 5.41) is 8.39. The number of nitrogens with zero attached hydrogens (tertiary/aromatic N) is 2. The molecule has 0 bridgehead atoms. The van der Waals surface area contributed by atoms with Crippen molar-refractivity contribution in [3.63, 3.8) is 0 Å². The molecule has 156 valence electrons. The number of nitrogens with one attached hydrogen (secondary N) is 1. The standard InChI is InChI=1S/C24H19F2N3O2/c25-19-10-17(11-20(26)13-19)15-27-24(31)18-6-8-22(9-7-18)29-23(30)14-21(28-29)12-16-4-2-1-3-5-16/h1-11,13H,12,14-15H2,(H,27,31). The second-order valence-corrected chi connectivity index (χ2v) is 7.22. The summed E-state index contributed by atoms with van der Waals surface area (Å²) < 4.78 is 26.5. The van der Waals surface area contributed by atoms with Gasteiger partial charge >= 0.3 is 0 Å². The van der Waals surface area contributed by atoms with Crippen LogP contribution in [0, 0.1) is 11.6 Å². The van der Waals surface area contributed by atoms with Crippen molar-refractivity contribution in [3.8, 4) is 0 Å². The predicted molar refractivity (Wildman–Crippen MR) is 114 cm³/mol. The number of hydrogen-bond donors (Lipinski definition) is 1. The summed E-state index contributed by atoms with van der Waals surface area (Å²) in [5.41, 5.74) is 3.12. The second-order valence-electron chi connectivity index (χ2n) is 7.22. The van der Waals surface area contributed by atoms with Gasteiger partial charge in [-0.2, -0.15) is 5.10 Å². The Bertz CT molecular complexity index is 1120. The van der Waals surface area contributed by atoms with Crippen LogP contribution in [-0.2, 0) is 17.8 Å². The Labute approximate surface area is 178 Å². The summed E-state index contributed by atoms with van der Waals surface area (Å²) >= 11 is 0. The zero-order valence-electron chi connectivity index (χ0n) is 16.5. The van der Waals surface area contributed by atoms with Gasteiger partial charge in [-0.1, -0.05) is 30.3 Å². The molecule has 0 aliphatic carbocycles. The molecule has 0 saturated heterocycles. The molecule has 0 atom stereocenters. The number of rotatable bonds is 6. The molecule has 31 heavy (non-hydrogen) atoms. The number of carbonyl (C=O) groups excluding carboxylic acids is 2. The fraction of sp³-hybridized carbons (Fsp3) is 0.125. The molecule has 0 saturated carbocycles. The van der Waals surface area contributed by atoms with Crippen molar-refractivity contribution in [2.24, 2.45) is 5.10 Å². The molecule has 5 nitrogen and oxygen atoms in total. The number of amides is 2. The van der Waals surface area contributed by atoms with Crippen LogP contribution in [0.2, 0.25) is 0 Å². The Morgan fingerprint density at radius 3 is 2.29 bits per heavy atom. The monoisotopic (exact) mass is 419 g/mol. The number of hydrogen-bond acceptors (Lipinski definition) is 3. The lowest BCUT2D eigenvalue weighted by Gasteiger charge is -2.12. The summed E-state index contributed by atoms with van der Waals surface area (Å²) in [6.07, 6.45) is 0.853. The predicted octanol–water partition coefficient (Wildman–Crippen LogP) is 4.23. The molecule has 1 heterocycles. The van der Waals surface area contributed by atoms with Crippen LogP contribution in [0.15, 0.2) is 77.9 Å². The maximum Gasteiger partial charge on any atom is 0.253 e. The van der Waals surface area contributed by atoms with Crippen LogP contribution in [0.25, 0.3) is 0 Å². The highest BCUT2D eigenvalue weighted by atomic mass is 19.1. The summed E-state index contributed by atoms with van der Waals surface area (Å²) in [4.78, 5) is 24.7. The molecule has 3 aromatic carbocycles. The number of hydrazone groups is 1. The van der Waals surface area contributed by atoms with E-state index >= 15 is 0 Å². The van der Waals surface area contributed by atoms with Crippen LogP contribution in [0.4, 0.5) is 14.5 Å². The van der Waals surface area contributed by atoms with Crippen molar-refractivity contribution in [3.05, 3.63) is 101 Å². The molecular weight excluding hydrogens is 400 g/mol. The van der Waals surface area contributed by atoms with Crippen LogP contribution < -0.4 is 10.3 Å². The average Bonchev–Trinajstić information content (AvgIpc) is 3.12. The molecule has 7 heteroatoms. The molecular formula is C24H19F2N3O2. The van der Waals surface area contributed by atoms with Crippen molar-refractivity contribution in [1.82, 2.24) is 5.32 Å². The molecule has 1 aliphatic heterocycles. The van der Waals surface area contributed by atoms with E-state index in [9.17, 15) is 18.4 Å². The first kappa shape index (κ1) is 20.4. The minimum atomic E-state index is -0.698. The number of halogens is 2. The van der Waals surface area contributed by atoms with Gasteiger partial charge in [-0.05, 0) is 47.5 Å². The third-order valence-electron chi connectivity index (χ3n) is 4.83. The molecule has 0 radical (unpaired) electrons. The first-order chi connectivity index (χ1) is 15.0. The van der Waals surface area contributed by atoms with E-state index < -0.39 is 17.5 Å². The Morgan fingerprint density at radius 2 is 1.61 bits per heavy atom. The molecule has 0 aromatic heterocycles. The van der Waals surface area contributed by atoms with Gasteiger partial charge < -0.3 is 5.32 Å². The normalized spacial score (nSPS) is 13.3. The lowest BCUT2D eigenvalue weighted by molar-refractivity contribution is -0.116. The fourth-order valence-electron chi connectivity index (χ4n) is 3.36. The van der Waals surface area contributed by atoms with E-state index in [1.165, 1.54) is 5.01 Å². The second kappa shape index (κ2) is 8.87. The van der Waals surface area contributed by atoms with Gasteiger partial charge in [0.15, 0.2) is 0 Å². The van der Waals surface area contributed by atoms with Gasteiger partial charge in [-0.3, -0.25) is 9.59 Å². The van der Waals surface area contributed by atoms with E-state index in [1.807, 2.05) is 30.3 Å². The molecule has 3 aromatic rings.